The standard InChI is InChI=1S/C18H20N2O3/c1-13(19)18(22)23-16-10-6-5-9-15(16)20-17(21)12-11-14-7-3-2-4-8-14/h2-10,13H,11-12,19H2,1H3,(H,20,21)/t13-/m0/s1. The van der Waals surface area contributed by atoms with Crippen molar-refractivity contribution in [3.63, 3.8) is 0 Å². The van der Waals surface area contributed by atoms with Crippen molar-refractivity contribution in [2.45, 2.75) is 25.8 Å². The Bertz CT molecular complexity index is 669. The molecule has 0 radical (unpaired) electrons. The average Bonchev–Trinajstić information content (AvgIpc) is 2.55. The first-order valence-corrected chi connectivity index (χ1v) is 7.46. The molecule has 0 spiro atoms. The fourth-order valence-electron chi connectivity index (χ4n) is 1.98. The molecule has 2 aromatic rings. The maximum absolute atomic E-state index is 12.1. The molecule has 0 aliphatic carbocycles. The van der Waals surface area contributed by atoms with Crippen molar-refractivity contribution < 1.29 is 14.3 Å². The Morgan fingerprint density at radius 3 is 2.43 bits per heavy atom. The molecule has 5 heteroatoms. The summed E-state index contributed by atoms with van der Waals surface area (Å²) in [6.07, 6.45) is 0.994. The van der Waals surface area contributed by atoms with E-state index in [2.05, 4.69) is 5.32 Å². The third-order valence-electron chi connectivity index (χ3n) is 3.23. The van der Waals surface area contributed by atoms with Gasteiger partial charge in [0.05, 0.1) is 5.69 Å². The summed E-state index contributed by atoms with van der Waals surface area (Å²) in [6, 6.07) is 15.8. The van der Waals surface area contributed by atoms with Crippen molar-refractivity contribution in [2.24, 2.45) is 5.73 Å². The fraction of sp³-hybridized carbons (Fsp3) is 0.222. The molecule has 0 saturated carbocycles. The Balaban J connectivity index is 1.96. The Morgan fingerprint density at radius 2 is 1.74 bits per heavy atom. The molecule has 3 N–H and O–H groups in total. The molecule has 2 rings (SSSR count). The first-order valence-electron chi connectivity index (χ1n) is 7.46. The lowest BCUT2D eigenvalue weighted by atomic mass is 10.1. The van der Waals surface area contributed by atoms with Crippen molar-refractivity contribution >= 4 is 17.6 Å². The van der Waals surface area contributed by atoms with Crippen molar-refractivity contribution in [1.82, 2.24) is 0 Å². The molecule has 0 fully saturated rings. The number of para-hydroxylation sites is 2. The van der Waals surface area contributed by atoms with E-state index in [1.165, 1.54) is 0 Å². The number of aryl methyl sites for hydroxylation is 1. The summed E-state index contributed by atoms with van der Waals surface area (Å²) >= 11 is 0. The zero-order valence-corrected chi connectivity index (χ0v) is 13.0. The fourth-order valence-corrected chi connectivity index (χ4v) is 1.98. The number of anilines is 1. The molecule has 2 aromatic carbocycles. The highest BCUT2D eigenvalue weighted by atomic mass is 16.5. The van der Waals surface area contributed by atoms with Gasteiger partial charge in [-0.3, -0.25) is 4.79 Å². The Morgan fingerprint density at radius 1 is 1.09 bits per heavy atom. The molecule has 0 saturated heterocycles. The Labute approximate surface area is 135 Å². The molecule has 0 bridgehead atoms. The molecule has 0 aliphatic rings. The number of nitrogens with two attached hydrogens (primary N) is 1. The molecule has 1 amide bonds. The van der Waals surface area contributed by atoms with Crippen molar-refractivity contribution in [3.05, 3.63) is 60.2 Å². The minimum absolute atomic E-state index is 0.141. The normalized spacial score (nSPS) is 11.6. The smallest absolute Gasteiger partial charge is 0.328 e. The lowest BCUT2D eigenvalue weighted by Gasteiger charge is -2.12. The van der Waals surface area contributed by atoms with Crippen LogP contribution in [-0.2, 0) is 16.0 Å². The molecule has 120 valence electrons. The van der Waals surface area contributed by atoms with Gasteiger partial charge in [0, 0.05) is 6.42 Å². The van der Waals surface area contributed by atoms with Gasteiger partial charge in [-0.1, -0.05) is 42.5 Å². The second-order valence-electron chi connectivity index (χ2n) is 5.24. The van der Waals surface area contributed by atoms with Gasteiger partial charge < -0.3 is 15.8 Å². The molecule has 0 aliphatic heterocycles. The molecule has 23 heavy (non-hydrogen) atoms. The van der Waals surface area contributed by atoms with Crippen LogP contribution in [0.1, 0.15) is 18.9 Å². The summed E-state index contributed by atoms with van der Waals surface area (Å²) in [5.41, 5.74) is 7.04. The molecule has 0 unspecified atom stereocenters. The number of carbonyl (C=O) groups is 2. The zero-order valence-electron chi connectivity index (χ0n) is 13.0. The highest BCUT2D eigenvalue weighted by Crippen LogP contribution is 2.24. The number of ether oxygens (including phenoxy) is 1. The van der Waals surface area contributed by atoms with Crippen LogP contribution in [0.2, 0.25) is 0 Å². The number of rotatable bonds is 6. The van der Waals surface area contributed by atoms with E-state index in [-0.39, 0.29) is 5.91 Å². The lowest BCUT2D eigenvalue weighted by molar-refractivity contribution is -0.135. The van der Waals surface area contributed by atoms with Crippen LogP contribution < -0.4 is 15.8 Å². The van der Waals surface area contributed by atoms with Gasteiger partial charge in [-0.15, -0.1) is 0 Å². The summed E-state index contributed by atoms with van der Waals surface area (Å²) in [6.45, 7) is 1.55. The van der Waals surface area contributed by atoms with E-state index in [0.717, 1.165) is 5.56 Å². The van der Waals surface area contributed by atoms with Gasteiger partial charge >= 0.3 is 5.97 Å². The summed E-state index contributed by atoms with van der Waals surface area (Å²) in [5, 5.41) is 2.77. The van der Waals surface area contributed by atoms with Gasteiger partial charge in [0.1, 0.15) is 6.04 Å². The number of carbonyl (C=O) groups excluding carboxylic acids is 2. The summed E-state index contributed by atoms with van der Waals surface area (Å²) in [4.78, 5) is 23.7. The van der Waals surface area contributed by atoms with E-state index in [0.29, 0.717) is 24.3 Å². The van der Waals surface area contributed by atoms with E-state index in [1.807, 2.05) is 30.3 Å². The van der Waals surface area contributed by atoms with E-state index in [1.54, 1.807) is 31.2 Å². The topological polar surface area (TPSA) is 81.4 Å². The van der Waals surface area contributed by atoms with Gasteiger partial charge in [0.25, 0.3) is 0 Å². The van der Waals surface area contributed by atoms with Crippen LogP contribution >= 0.6 is 0 Å². The number of nitrogens with one attached hydrogen (secondary N) is 1. The summed E-state index contributed by atoms with van der Waals surface area (Å²) in [7, 11) is 0. The second-order valence-corrected chi connectivity index (χ2v) is 5.24. The van der Waals surface area contributed by atoms with E-state index in [4.69, 9.17) is 10.5 Å². The number of hydrogen-bond acceptors (Lipinski definition) is 4. The van der Waals surface area contributed by atoms with E-state index in [9.17, 15) is 9.59 Å². The van der Waals surface area contributed by atoms with Gasteiger partial charge in [0.15, 0.2) is 5.75 Å². The average molecular weight is 312 g/mol. The monoisotopic (exact) mass is 312 g/mol. The number of benzene rings is 2. The Kier molecular flexibility index (Phi) is 5.88. The number of hydrogen-bond donors (Lipinski definition) is 2. The Hall–Kier alpha value is -2.66. The maximum atomic E-state index is 12.1. The maximum Gasteiger partial charge on any atom is 0.328 e. The quantitative estimate of drug-likeness (QED) is 0.634. The zero-order chi connectivity index (χ0) is 16.7. The van der Waals surface area contributed by atoms with Gasteiger partial charge in [-0.05, 0) is 31.0 Å². The van der Waals surface area contributed by atoms with Crippen LogP contribution in [0.5, 0.6) is 5.75 Å². The molecular weight excluding hydrogens is 292 g/mol. The van der Waals surface area contributed by atoms with E-state index < -0.39 is 12.0 Å². The predicted octanol–water partition coefficient (Wildman–Crippen LogP) is 2.51. The predicted molar refractivity (Wildman–Crippen MR) is 89.1 cm³/mol. The third kappa shape index (κ3) is 5.23. The first kappa shape index (κ1) is 16.7. The van der Waals surface area contributed by atoms with Gasteiger partial charge in [-0.25, -0.2) is 4.79 Å². The molecule has 0 aromatic heterocycles. The van der Waals surface area contributed by atoms with E-state index >= 15 is 0 Å². The lowest BCUT2D eigenvalue weighted by Crippen LogP contribution is -2.31. The molecule has 5 nitrogen and oxygen atoms in total. The van der Waals surface area contributed by atoms with Crippen molar-refractivity contribution in [1.29, 1.82) is 0 Å². The van der Waals surface area contributed by atoms with Crippen molar-refractivity contribution in [3.8, 4) is 5.75 Å². The van der Waals surface area contributed by atoms with Crippen LogP contribution in [0.4, 0.5) is 5.69 Å². The molecule has 1 atom stereocenters. The van der Waals surface area contributed by atoms with Crippen LogP contribution in [0, 0.1) is 0 Å². The highest BCUT2D eigenvalue weighted by molar-refractivity contribution is 5.93. The van der Waals surface area contributed by atoms with Crippen molar-refractivity contribution in [2.75, 3.05) is 5.32 Å². The SMILES string of the molecule is C[C@H](N)C(=O)Oc1ccccc1NC(=O)CCc1ccccc1. The number of esters is 1. The van der Waals surface area contributed by atoms with Gasteiger partial charge in [-0.2, -0.15) is 0 Å². The largest absolute Gasteiger partial charge is 0.423 e. The van der Waals surface area contributed by atoms with Crippen LogP contribution in [0.15, 0.2) is 54.6 Å². The molecule has 0 heterocycles. The van der Waals surface area contributed by atoms with Gasteiger partial charge in [0.2, 0.25) is 5.91 Å². The first-order chi connectivity index (χ1) is 11.1. The summed E-state index contributed by atoms with van der Waals surface area (Å²) in [5.74, 6) is -0.392. The van der Waals surface area contributed by atoms with Crippen LogP contribution in [-0.4, -0.2) is 17.9 Å². The van der Waals surface area contributed by atoms with Crippen LogP contribution in [0.25, 0.3) is 0 Å². The highest BCUT2D eigenvalue weighted by Gasteiger charge is 2.14. The third-order valence-corrected chi connectivity index (χ3v) is 3.23. The number of amides is 1. The minimum atomic E-state index is -0.725. The minimum Gasteiger partial charge on any atom is -0.423 e. The molecular formula is C18H20N2O3. The second kappa shape index (κ2) is 8.10. The van der Waals surface area contributed by atoms with Crippen LogP contribution in [0.3, 0.4) is 0 Å². The summed E-state index contributed by atoms with van der Waals surface area (Å²) < 4.78 is 5.19.